The molecule has 2 rings (SSSR count). The molecule has 0 N–H and O–H groups in total. The summed E-state index contributed by atoms with van der Waals surface area (Å²) in [5, 5.41) is 0.649. The number of hydrogen-bond donors (Lipinski definition) is 0. The molecular formula is C18H19ClO2. The Bertz CT molecular complexity index is 564. The lowest BCUT2D eigenvalue weighted by molar-refractivity contribution is 0.266. The van der Waals surface area contributed by atoms with Crippen LogP contribution >= 0.6 is 11.6 Å². The topological polar surface area (TPSA) is 18.5 Å². The highest BCUT2D eigenvalue weighted by Crippen LogP contribution is 2.23. The van der Waals surface area contributed by atoms with E-state index in [1.54, 1.807) is 0 Å². The first kappa shape index (κ1) is 15.5. The molecule has 0 amide bonds. The number of para-hydroxylation sites is 1. The summed E-state index contributed by atoms with van der Waals surface area (Å²) in [6, 6.07) is 15.4. The quantitative estimate of drug-likeness (QED) is 0.622. The Morgan fingerprint density at radius 3 is 2.24 bits per heavy atom. The SMILES string of the molecule is C=Cc1ccc(OCCCCOc2ccccc2Cl)cc1. The smallest absolute Gasteiger partial charge is 0.137 e. The third-order valence-electron chi connectivity index (χ3n) is 3.02. The fourth-order valence-corrected chi connectivity index (χ4v) is 2.03. The summed E-state index contributed by atoms with van der Waals surface area (Å²) in [5.41, 5.74) is 1.09. The van der Waals surface area contributed by atoms with Gasteiger partial charge in [-0.05, 0) is 42.7 Å². The highest BCUT2D eigenvalue weighted by molar-refractivity contribution is 6.32. The van der Waals surface area contributed by atoms with Crippen molar-refractivity contribution >= 4 is 17.7 Å². The molecule has 2 aromatic carbocycles. The van der Waals surface area contributed by atoms with Crippen LogP contribution in [0.5, 0.6) is 11.5 Å². The molecule has 0 saturated carbocycles. The Morgan fingerprint density at radius 1 is 0.905 bits per heavy atom. The zero-order valence-corrected chi connectivity index (χ0v) is 12.7. The van der Waals surface area contributed by atoms with Crippen LogP contribution in [0.2, 0.25) is 5.02 Å². The standard InChI is InChI=1S/C18H19ClO2/c1-2-15-9-11-16(12-10-15)20-13-5-6-14-21-18-8-4-3-7-17(18)19/h2-4,7-12H,1,5-6,13-14H2. The lowest BCUT2D eigenvalue weighted by Crippen LogP contribution is -2.02. The van der Waals surface area contributed by atoms with Gasteiger partial charge in [-0.1, -0.05) is 48.5 Å². The lowest BCUT2D eigenvalue weighted by atomic mass is 10.2. The van der Waals surface area contributed by atoms with Crippen LogP contribution in [0.3, 0.4) is 0 Å². The first-order valence-corrected chi connectivity index (χ1v) is 7.40. The van der Waals surface area contributed by atoms with Gasteiger partial charge in [0.2, 0.25) is 0 Å². The normalized spacial score (nSPS) is 10.1. The van der Waals surface area contributed by atoms with E-state index in [0.29, 0.717) is 18.2 Å². The Labute approximate surface area is 131 Å². The number of ether oxygens (including phenoxy) is 2. The summed E-state index contributed by atoms with van der Waals surface area (Å²) in [6.45, 7) is 5.04. The van der Waals surface area contributed by atoms with E-state index in [0.717, 1.165) is 29.9 Å². The monoisotopic (exact) mass is 302 g/mol. The molecule has 110 valence electrons. The maximum atomic E-state index is 6.01. The van der Waals surface area contributed by atoms with Crippen molar-refractivity contribution in [3.8, 4) is 11.5 Å². The van der Waals surface area contributed by atoms with Gasteiger partial charge in [-0.2, -0.15) is 0 Å². The largest absolute Gasteiger partial charge is 0.494 e. The highest BCUT2D eigenvalue weighted by atomic mass is 35.5. The van der Waals surface area contributed by atoms with Crippen LogP contribution < -0.4 is 9.47 Å². The van der Waals surface area contributed by atoms with Crippen LogP contribution in [-0.2, 0) is 0 Å². The Morgan fingerprint density at radius 2 is 1.57 bits per heavy atom. The fraction of sp³-hybridized carbons (Fsp3) is 0.222. The first-order chi connectivity index (χ1) is 10.3. The van der Waals surface area contributed by atoms with Gasteiger partial charge in [0, 0.05) is 0 Å². The van der Waals surface area contributed by atoms with Crippen molar-refractivity contribution in [1.82, 2.24) is 0 Å². The van der Waals surface area contributed by atoms with Gasteiger partial charge in [0.25, 0.3) is 0 Å². The molecule has 0 radical (unpaired) electrons. The van der Waals surface area contributed by atoms with Crippen LogP contribution in [0.1, 0.15) is 18.4 Å². The first-order valence-electron chi connectivity index (χ1n) is 7.02. The van der Waals surface area contributed by atoms with Gasteiger partial charge in [0.15, 0.2) is 0 Å². The molecule has 2 nitrogen and oxygen atoms in total. The van der Waals surface area contributed by atoms with Crippen molar-refractivity contribution in [2.75, 3.05) is 13.2 Å². The molecule has 2 aromatic rings. The summed E-state index contributed by atoms with van der Waals surface area (Å²) >= 11 is 6.01. The molecule has 21 heavy (non-hydrogen) atoms. The number of hydrogen-bond acceptors (Lipinski definition) is 2. The van der Waals surface area contributed by atoms with Crippen molar-refractivity contribution < 1.29 is 9.47 Å². The van der Waals surface area contributed by atoms with Crippen molar-refractivity contribution in [2.24, 2.45) is 0 Å². The van der Waals surface area contributed by atoms with Crippen LogP contribution in [0.15, 0.2) is 55.1 Å². The van der Waals surface area contributed by atoms with Gasteiger partial charge in [-0.25, -0.2) is 0 Å². The number of rotatable bonds is 8. The van der Waals surface area contributed by atoms with Crippen LogP contribution in [0, 0.1) is 0 Å². The third kappa shape index (κ3) is 5.16. The Kier molecular flexibility index (Phi) is 6.17. The zero-order chi connectivity index (χ0) is 14.9. The molecule has 0 aromatic heterocycles. The summed E-state index contributed by atoms with van der Waals surface area (Å²) in [6.07, 6.45) is 3.68. The maximum absolute atomic E-state index is 6.01. The molecule has 0 aliphatic heterocycles. The summed E-state index contributed by atoms with van der Waals surface area (Å²) in [7, 11) is 0. The molecule has 0 spiro atoms. The van der Waals surface area contributed by atoms with Crippen molar-refractivity contribution in [1.29, 1.82) is 0 Å². The summed E-state index contributed by atoms with van der Waals surface area (Å²) in [5.74, 6) is 1.62. The van der Waals surface area contributed by atoms with Crippen molar-refractivity contribution in [2.45, 2.75) is 12.8 Å². The molecule has 3 heteroatoms. The van der Waals surface area contributed by atoms with Crippen LogP contribution in [0.25, 0.3) is 6.08 Å². The molecule has 0 bridgehead atoms. The average molecular weight is 303 g/mol. The predicted molar refractivity (Wildman–Crippen MR) is 88.2 cm³/mol. The predicted octanol–water partition coefficient (Wildman–Crippen LogP) is 5.22. The minimum absolute atomic E-state index is 0.641. The Hall–Kier alpha value is -1.93. The second-order valence-electron chi connectivity index (χ2n) is 4.61. The second kappa shape index (κ2) is 8.38. The van der Waals surface area contributed by atoms with Gasteiger partial charge in [0.1, 0.15) is 11.5 Å². The van der Waals surface area contributed by atoms with E-state index in [2.05, 4.69) is 6.58 Å². The molecule has 0 heterocycles. The Balaban J connectivity index is 1.61. The molecular weight excluding hydrogens is 284 g/mol. The second-order valence-corrected chi connectivity index (χ2v) is 5.01. The van der Waals surface area contributed by atoms with E-state index in [1.807, 2.05) is 54.6 Å². The summed E-state index contributed by atoms with van der Waals surface area (Å²) < 4.78 is 11.3. The minimum atomic E-state index is 0.641. The van der Waals surface area contributed by atoms with Gasteiger partial charge in [-0.3, -0.25) is 0 Å². The van der Waals surface area contributed by atoms with Gasteiger partial charge in [-0.15, -0.1) is 0 Å². The molecule has 0 unspecified atom stereocenters. The highest BCUT2D eigenvalue weighted by Gasteiger charge is 1.99. The van der Waals surface area contributed by atoms with Gasteiger partial charge >= 0.3 is 0 Å². The molecule has 0 atom stereocenters. The molecule has 0 aliphatic carbocycles. The van der Waals surface area contributed by atoms with E-state index in [-0.39, 0.29) is 0 Å². The maximum Gasteiger partial charge on any atom is 0.137 e. The molecule has 0 fully saturated rings. The molecule has 0 saturated heterocycles. The summed E-state index contributed by atoms with van der Waals surface area (Å²) in [4.78, 5) is 0. The molecule has 0 aliphatic rings. The number of benzene rings is 2. The van der Waals surface area contributed by atoms with Crippen molar-refractivity contribution in [3.05, 3.63) is 65.7 Å². The third-order valence-corrected chi connectivity index (χ3v) is 3.33. The van der Waals surface area contributed by atoms with Crippen molar-refractivity contribution in [3.63, 3.8) is 0 Å². The minimum Gasteiger partial charge on any atom is -0.494 e. The number of halogens is 1. The van der Waals surface area contributed by atoms with E-state index < -0.39 is 0 Å². The van der Waals surface area contributed by atoms with Crippen LogP contribution in [0.4, 0.5) is 0 Å². The fourth-order valence-electron chi connectivity index (χ4n) is 1.84. The lowest BCUT2D eigenvalue weighted by Gasteiger charge is -2.08. The average Bonchev–Trinajstić information content (AvgIpc) is 2.53. The van der Waals surface area contributed by atoms with Gasteiger partial charge in [0.05, 0.1) is 18.2 Å². The van der Waals surface area contributed by atoms with E-state index in [1.165, 1.54) is 0 Å². The van der Waals surface area contributed by atoms with Gasteiger partial charge < -0.3 is 9.47 Å². The van der Waals surface area contributed by atoms with E-state index in [4.69, 9.17) is 21.1 Å². The number of unbranched alkanes of at least 4 members (excludes halogenated alkanes) is 1. The van der Waals surface area contributed by atoms with E-state index >= 15 is 0 Å². The van der Waals surface area contributed by atoms with E-state index in [9.17, 15) is 0 Å². The van der Waals surface area contributed by atoms with Crippen LogP contribution in [-0.4, -0.2) is 13.2 Å². The zero-order valence-electron chi connectivity index (χ0n) is 11.9.